The summed E-state index contributed by atoms with van der Waals surface area (Å²) in [6.07, 6.45) is 6.62. The van der Waals surface area contributed by atoms with Gasteiger partial charge in [0, 0.05) is 13.0 Å². The molecule has 0 aliphatic carbocycles. The second kappa shape index (κ2) is 9.05. The van der Waals surface area contributed by atoms with E-state index in [2.05, 4.69) is 24.0 Å². The number of ether oxygens (including phenoxy) is 1. The summed E-state index contributed by atoms with van der Waals surface area (Å²) in [6.45, 7) is 5.42. The maximum atomic E-state index is 5.92. The van der Waals surface area contributed by atoms with Crippen LogP contribution in [0.15, 0.2) is 4.52 Å². The van der Waals surface area contributed by atoms with E-state index in [0.29, 0.717) is 18.3 Å². The quantitative estimate of drug-likeness (QED) is 0.650. The summed E-state index contributed by atoms with van der Waals surface area (Å²) in [5, 5.41) is 3.90. The first-order valence-corrected chi connectivity index (χ1v) is 6.93. The molecule has 0 amide bonds. The minimum Gasteiger partial charge on any atom is -0.379 e. The molecule has 0 aliphatic heterocycles. The maximum Gasteiger partial charge on any atom is 0.226 e. The molecular formula is C13H25N3O2. The summed E-state index contributed by atoms with van der Waals surface area (Å²) in [7, 11) is 0. The summed E-state index contributed by atoms with van der Waals surface area (Å²) < 4.78 is 10.6. The molecule has 0 saturated heterocycles. The smallest absolute Gasteiger partial charge is 0.226 e. The van der Waals surface area contributed by atoms with Crippen LogP contribution in [0.25, 0.3) is 0 Å². The molecule has 5 heteroatoms. The van der Waals surface area contributed by atoms with Crippen molar-refractivity contribution in [2.75, 3.05) is 13.2 Å². The molecule has 1 aromatic heterocycles. The fourth-order valence-electron chi connectivity index (χ4n) is 1.65. The minimum atomic E-state index is -0.287. The van der Waals surface area contributed by atoms with Gasteiger partial charge in [-0.2, -0.15) is 4.98 Å². The Bertz CT molecular complexity index is 315. The molecule has 1 aromatic rings. The van der Waals surface area contributed by atoms with Crippen LogP contribution in [0.4, 0.5) is 0 Å². The number of nitrogens with zero attached hydrogens (tertiary/aromatic N) is 2. The molecule has 5 nitrogen and oxygen atoms in total. The Morgan fingerprint density at radius 1 is 1.22 bits per heavy atom. The lowest BCUT2D eigenvalue weighted by Crippen LogP contribution is -2.18. The first-order chi connectivity index (χ1) is 8.77. The van der Waals surface area contributed by atoms with Gasteiger partial charge in [0.1, 0.15) is 0 Å². The Kier molecular flexibility index (Phi) is 7.60. The van der Waals surface area contributed by atoms with Gasteiger partial charge in [0.15, 0.2) is 5.82 Å². The van der Waals surface area contributed by atoms with Crippen molar-refractivity contribution in [2.45, 2.75) is 58.4 Å². The van der Waals surface area contributed by atoms with Crippen LogP contribution in [0.2, 0.25) is 0 Å². The number of aromatic nitrogens is 2. The van der Waals surface area contributed by atoms with Crippen molar-refractivity contribution in [2.24, 2.45) is 5.73 Å². The molecule has 0 aromatic carbocycles. The summed E-state index contributed by atoms with van der Waals surface area (Å²) in [6, 6.07) is -0.287. The molecule has 0 bridgehead atoms. The first-order valence-electron chi connectivity index (χ1n) is 6.93. The van der Waals surface area contributed by atoms with Gasteiger partial charge in [0.2, 0.25) is 5.89 Å². The zero-order chi connectivity index (χ0) is 13.2. The van der Waals surface area contributed by atoms with Gasteiger partial charge in [0.05, 0.1) is 12.6 Å². The van der Waals surface area contributed by atoms with Crippen LogP contribution in [0.1, 0.15) is 63.7 Å². The third-order valence-corrected chi connectivity index (χ3v) is 2.71. The maximum absolute atomic E-state index is 5.92. The van der Waals surface area contributed by atoms with Crippen molar-refractivity contribution in [3.8, 4) is 0 Å². The molecule has 0 radical (unpaired) electrons. The monoisotopic (exact) mass is 255 g/mol. The van der Waals surface area contributed by atoms with Gasteiger partial charge < -0.3 is 15.0 Å². The van der Waals surface area contributed by atoms with E-state index in [4.69, 9.17) is 15.0 Å². The van der Waals surface area contributed by atoms with Crippen LogP contribution in [-0.2, 0) is 11.2 Å². The molecule has 18 heavy (non-hydrogen) atoms. The lowest BCUT2D eigenvalue weighted by Gasteiger charge is -2.06. The van der Waals surface area contributed by atoms with E-state index in [9.17, 15) is 0 Å². The third-order valence-electron chi connectivity index (χ3n) is 2.71. The van der Waals surface area contributed by atoms with E-state index in [-0.39, 0.29) is 6.04 Å². The number of rotatable bonds is 10. The van der Waals surface area contributed by atoms with E-state index >= 15 is 0 Å². The first kappa shape index (κ1) is 15.1. The van der Waals surface area contributed by atoms with Gasteiger partial charge in [-0.05, 0) is 12.8 Å². The normalized spacial score (nSPS) is 12.8. The van der Waals surface area contributed by atoms with Gasteiger partial charge in [-0.15, -0.1) is 0 Å². The molecule has 0 aliphatic rings. The van der Waals surface area contributed by atoms with Crippen LogP contribution in [0, 0.1) is 0 Å². The van der Waals surface area contributed by atoms with Gasteiger partial charge >= 0.3 is 0 Å². The third kappa shape index (κ3) is 5.60. The Balaban J connectivity index is 2.28. The van der Waals surface area contributed by atoms with Crippen LogP contribution in [-0.4, -0.2) is 23.4 Å². The molecule has 2 N–H and O–H groups in total. The molecule has 104 valence electrons. The average molecular weight is 255 g/mol. The highest BCUT2D eigenvalue weighted by molar-refractivity contribution is 4.93. The number of aryl methyl sites for hydroxylation is 1. The Hall–Kier alpha value is -0.940. The van der Waals surface area contributed by atoms with Crippen molar-refractivity contribution < 1.29 is 9.26 Å². The van der Waals surface area contributed by atoms with Crippen LogP contribution in [0.5, 0.6) is 0 Å². The largest absolute Gasteiger partial charge is 0.379 e. The van der Waals surface area contributed by atoms with E-state index in [0.717, 1.165) is 25.9 Å². The predicted octanol–water partition coefficient (Wildman–Crippen LogP) is 2.62. The molecule has 1 heterocycles. The van der Waals surface area contributed by atoms with Gasteiger partial charge in [-0.1, -0.05) is 38.3 Å². The van der Waals surface area contributed by atoms with Gasteiger partial charge in [-0.3, -0.25) is 0 Å². The number of hydrogen-bond acceptors (Lipinski definition) is 5. The fraction of sp³-hybridized carbons (Fsp3) is 0.846. The van der Waals surface area contributed by atoms with E-state index < -0.39 is 0 Å². The van der Waals surface area contributed by atoms with Crippen molar-refractivity contribution in [1.82, 2.24) is 10.1 Å². The average Bonchev–Trinajstić information content (AvgIpc) is 2.84. The van der Waals surface area contributed by atoms with Gasteiger partial charge in [0.25, 0.3) is 0 Å². The summed E-state index contributed by atoms with van der Waals surface area (Å²) >= 11 is 0. The molecular weight excluding hydrogens is 230 g/mol. The lowest BCUT2D eigenvalue weighted by atomic mass is 10.1. The van der Waals surface area contributed by atoms with Crippen LogP contribution >= 0.6 is 0 Å². The Morgan fingerprint density at radius 2 is 2.06 bits per heavy atom. The second-order valence-corrected chi connectivity index (χ2v) is 4.54. The van der Waals surface area contributed by atoms with Crippen molar-refractivity contribution in [1.29, 1.82) is 0 Å². The van der Waals surface area contributed by atoms with E-state index in [1.165, 1.54) is 19.3 Å². The SMILES string of the molecule is CCCCCCc1nc(C(N)COCCC)no1. The Labute approximate surface area is 109 Å². The van der Waals surface area contributed by atoms with Crippen LogP contribution in [0.3, 0.4) is 0 Å². The van der Waals surface area contributed by atoms with Crippen molar-refractivity contribution in [3.63, 3.8) is 0 Å². The molecule has 0 spiro atoms. The summed E-state index contributed by atoms with van der Waals surface area (Å²) in [5.74, 6) is 1.24. The van der Waals surface area contributed by atoms with Crippen LogP contribution < -0.4 is 5.73 Å². The highest BCUT2D eigenvalue weighted by Crippen LogP contribution is 2.10. The molecule has 1 rings (SSSR count). The van der Waals surface area contributed by atoms with Crippen molar-refractivity contribution in [3.05, 3.63) is 11.7 Å². The highest BCUT2D eigenvalue weighted by Gasteiger charge is 2.14. The molecule has 1 atom stereocenters. The number of nitrogens with two attached hydrogens (primary N) is 1. The Morgan fingerprint density at radius 3 is 2.78 bits per heavy atom. The standard InChI is InChI=1S/C13H25N3O2/c1-3-5-6-7-8-12-15-13(16-18-12)11(14)10-17-9-4-2/h11H,3-10,14H2,1-2H3. The minimum absolute atomic E-state index is 0.287. The second-order valence-electron chi connectivity index (χ2n) is 4.54. The number of unbranched alkanes of at least 4 members (excludes halogenated alkanes) is 3. The molecule has 0 saturated carbocycles. The zero-order valence-corrected chi connectivity index (χ0v) is 11.5. The molecule has 1 unspecified atom stereocenters. The fourth-order valence-corrected chi connectivity index (χ4v) is 1.65. The van der Waals surface area contributed by atoms with E-state index in [1.54, 1.807) is 0 Å². The summed E-state index contributed by atoms with van der Waals surface area (Å²) in [5.41, 5.74) is 5.92. The van der Waals surface area contributed by atoms with Gasteiger partial charge in [-0.25, -0.2) is 0 Å². The lowest BCUT2D eigenvalue weighted by molar-refractivity contribution is 0.119. The summed E-state index contributed by atoms with van der Waals surface area (Å²) in [4.78, 5) is 4.30. The molecule has 0 fully saturated rings. The van der Waals surface area contributed by atoms with Crippen molar-refractivity contribution >= 4 is 0 Å². The highest BCUT2D eigenvalue weighted by atomic mass is 16.5. The topological polar surface area (TPSA) is 74.2 Å². The predicted molar refractivity (Wildman–Crippen MR) is 70.2 cm³/mol. The van der Waals surface area contributed by atoms with E-state index in [1.807, 2.05) is 0 Å². The number of hydrogen-bond donors (Lipinski definition) is 1. The zero-order valence-electron chi connectivity index (χ0n) is 11.5.